The van der Waals surface area contributed by atoms with E-state index in [1.165, 1.54) is 7.11 Å². The maximum Gasteiger partial charge on any atom is 0.310 e. The second kappa shape index (κ2) is 5.76. The number of nitrogens with zero attached hydrogens (tertiary/aromatic N) is 1. The molecule has 84 valence electrons. The third-order valence-corrected chi connectivity index (χ3v) is 2.08. The van der Waals surface area contributed by atoms with Crippen molar-refractivity contribution in [2.75, 3.05) is 13.7 Å². The first-order chi connectivity index (χ1) is 7.72. The van der Waals surface area contributed by atoms with E-state index >= 15 is 0 Å². The van der Waals surface area contributed by atoms with Crippen molar-refractivity contribution in [1.29, 1.82) is 5.26 Å². The van der Waals surface area contributed by atoms with Crippen LogP contribution in [0, 0.1) is 11.3 Å². The molecule has 0 saturated heterocycles. The summed E-state index contributed by atoms with van der Waals surface area (Å²) in [5.74, 6) is 0.136. The third-order valence-electron chi connectivity index (χ3n) is 2.08. The van der Waals surface area contributed by atoms with Crippen molar-refractivity contribution in [3.8, 4) is 11.8 Å². The first-order valence-corrected chi connectivity index (χ1v) is 4.94. The Morgan fingerprint density at radius 3 is 2.81 bits per heavy atom. The fraction of sp³-hybridized carbons (Fsp3) is 0.333. The van der Waals surface area contributed by atoms with Crippen molar-refractivity contribution in [2.45, 2.75) is 13.3 Å². The number of carbonyl (C=O) groups is 1. The van der Waals surface area contributed by atoms with Crippen molar-refractivity contribution in [1.82, 2.24) is 0 Å². The molecule has 0 unspecified atom stereocenters. The van der Waals surface area contributed by atoms with E-state index in [2.05, 4.69) is 0 Å². The van der Waals surface area contributed by atoms with E-state index in [4.69, 9.17) is 14.7 Å². The van der Waals surface area contributed by atoms with Gasteiger partial charge in [0, 0.05) is 0 Å². The molecular weight excluding hydrogens is 206 g/mol. The SMILES string of the molecule is CCOC(=O)Cc1cccc(OC)c1C#N. The Kier molecular flexibility index (Phi) is 4.34. The summed E-state index contributed by atoms with van der Waals surface area (Å²) in [6, 6.07) is 7.18. The molecule has 0 atom stereocenters. The predicted molar refractivity (Wildman–Crippen MR) is 58.0 cm³/mol. The van der Waals surface area contributed by atoms with Crippen LogP contribution in [0.25, 0.3) is 0 Å². The number of esters is 1. The Labute approximate surface area is 94.4 Å². The number of ether oxygens (including phenoxy) is 2. The summed E-state index contributed by atoms with van der Waals surface area (Å²) < 4.78 is 9.87. The highest BCUT2D eigenvalue weighted by Gasteiger charge is 2.12. The second-order valence-corrected chi connectivity index (χ2v) is 3.09. The lowest BCUT2D eigenvalue weighted by atomic mass is 10.0. The van der Waals surface area contributed by atoms with E-state index in [0.717, 1.165) is 0 Å². The van der Waals surface area contributed by atoms with E-state index in [0.29, 0.717) is 23.5 Å². The van der Waals surface area contributed by atoms with Gasteiger partial charge < -0.3 is 9.47 Å². The topological polar surface area (TPSA) is 59.3 Å². The molecule has 16 heavy (non-hydrogen) atoms. The molecule has 1 aromatic carbocycles. The van der Waals surface area contributed by atoms with Gasteiger partial charge in [-0.05, 0) is 18.6 Å². The van der Waals surface area contributed by atoms with Gasteiger partial charge in [-0.3, -0.25) is 4.79 Å². The van der Waals surface area contributed by atoms with Crippen LogP contribution in [0.1, 0.15) is 18.1 Å². The molecule has 0 aliphatic carbocycles. The first-order valence-electron chi connectivity index (χ1n) is 4.94. The molecule has 1 rings (SSSR count). The lowest BCUT2D eigenvalue weighted by Crippen LogP contribution is -2.09. The molecule has 0 radical (unpaired) electrons. The maximum absolute atomic E-state index is 11.3. The van der Waals surface area contributed by atoms with Crippen LogP contribution in [-0.2, 0) is 16.0 Å². The van der Waals surface area contributed by atoms with Crippen molar-refractivity contribution < 1.29 is 14.3 Å². The van der Waals surface area contributed by atoms with Gasteiger partial charge in [0.05, 0.1) is 25.7 Å². The Bertz CT molecular complexity index is 421. The summed E-state index contributed by atoms with van der Waals surface area (Å²) in [5.41, 5.74) is 1.01. The van der Waals surface area contributed by atoms with Crippen LogP contribution < -0.4 is 4.74 Å². The molecule has 0 aromatic heterocycles. The minimum atomic E-state index is -0.341. The zero-order chi connectivity index (χ0) is 12.0. The van der Waals surface area contributed by atoms with E-state index in [-0.39, 0.29) is 12.4 Å². The fourth-order valence-corrected chi connectivity index (χ4v) is 1.39. The zero-order valence-electron chi connectivity index (χ0n) is 9.32. The van der Waals surface area contributed by atoms with Gasteiger partial charge >= 0.3 is 5.97 Å². The minimum Gasteiger partial charge on any atom is -0.495 e. The van der Waals surface area contributed by atoms with E-state index in [1.807, 2.05) is 6.07 Å². The predicted octanol–water partition coefficient (Wildman–Crippen LogP) is 1.67. The fourth-order valence-electron chi connectivity index (χ4n) is 1.39. The Morgan fingerprint density at radius 2 is 2.25 bits per heavy atom. The van der Waals surface area contributed by atoms with E-state index in [1.54, 1.807) is 25.1 Å². The van der Waals surface area contributed by atoms with Gasteiger partial charge in [-0.1, -0.05) is 12.1 Å². The number of nitriles is 1. The van der Waals surface area contributed by atoms with Crippen molar-refractivity contribution in [2.24, 2.45) is 0 Å². The van der Waals surface area contributed by atoms with Crippen LogP contribution in [-0.4, -0.2) is 19.7 Å². The molecule has 1 aromatic rings. The van der Waals surface area contributed by atoms with E-state index < -0.39 is 0 Å². The summed E-state index contributed by atoms with van der Waals surface area (Å²) in [5, 5.41) is 8.99. The summed E-state index contributed by atoms with van der Waals surface area (Å²) in [6.07, 6.45) is 0.0912. The lowest BCUT2D eigenvalue weighted by molar-refractivity contribution is -0.142. The quantitative estimate of drug-likeness (QED) is 0.723. The average molecular weight is 219 g/mol. The summed E-state index contributed by atoms with van der Waals surface area (Å²) in [6.45, 7) is 2.08. The average Bonchev–Trinajstić information content (AvgIpc) is 2.29. The van der Waals surface area contributed by atoms with Crippen LogP contribution >= 0.6 is 0 Å². The zero-order valence-corrected chi connectivity index (χ0v) is 9.32. The number of methoxy groups -OCH3 is 1. The minimum absolute atomic E-state index is 0.0912. The maximum atomic E-state index is 11.3. The molecule has 0 saturated carbocycles. The molecule has 0 aliphatic rings. The summed E-state index contributed by atoms with van der Waals surface area (Å²) >= 11 is 0. The Hall–Kier alpha value is -2.02. The molecule has 0 heterocycles. The number of hydrogen-bond acceptors (Lipinski definition) is 4. The van der Waals surface area contributed by atoms with Crippen LogP contribution in [0.4, 0.5) is 0 Å². The third kappa shape index (κ3) is 2.74. The molecular formula is C12H13NO3. The van der Waals surface area contributed by atoms with Gasteiger partial charge in [0.1, 0.15) is 11.8 Å². The largest absolute Gasteiger partial charge is 0.495 e. The van der Waals surface area contributed by atoms with Gasteiger partial charge in [0.25, 0.3) is 0 Å². The first kappa shape index (κ1) is 12.1. The smallest absolute Gasteiger partial charge is 0.310 e. The highest BCUT2D eigenvalue weighted by molar-refractivity contribution is 5.74. The second-order valence-electron chi connectivity index (χ2n) is 3.09. The number of rotatable bonds is 4. The van der Waals surface area contributed by atoms with Gasteiger partial charge in [-0.25, -0.2) is 0 Å². The van der Waals surface area contributed by atoms with Gasteiger partial charge in [0.15, 0.2) is 0 Å². The Balaban J connectivity index is 2.96. The highest BCUT2D eigenvalue weighted by Crippen LogP contribution is 2.21. The highest BCUT2D eigenvalue weighted by atomic mass is 16.5. The van der Waals surface area contributed by atoms with E-state index in [9.17, 15) is 4.79 Å². The van der Waals surface area contributed by atoms with Crippen LogP contribution in [0.5, 0.6) is 5.75 Å². The molecule has 4 nitrogen and oxygen atoms in total. The molecule has 0 aliphatic heterocycles. The van der Waals surface area contributed by atoms with Crippen LogP contribution in [0.3, 0.4) is 0 Å². The van der Waals surface area contributed by atoms with Crippen molar-refractivity contribution in [3.05, 3.63) is 29.3 Å². The van der Waals surface area contributed by atoms with Crippen molar-refractivity contribution in [3.63, 3.8) is 0 Å². The standard InChI is InChI=1S/C12H13NO3/c1-3-16-12(14)7-9-5-4-6-11(15-2)10(9)8-13/h4-6H,3,7H2,1-2H3. The summed E-state index contributed by atoms with van der Waals surface area (Å²) in [7, 11) is 1.49. The van der Waals surface area contributed by atoms with Crippen molar-refractivity contribution >= 4 is 5.97 Å². The van der Waals surface area contributed by atoms with Crippen LogP contribution in [0.2, 0.25) is 0 Å². The molecule has 0 fully saturated rings. The Morgan fingerprint density at radius 1 is 1.50 bits per heavy atom. The normalized spacial score (nSPS) is 9.31. The van der Waals surface area contributed by atoms with Gasteiger partial charge in [0.2, 0.25) is 0 Å². The molecule has 4 heteroatoms. The summed E-state index contributed by atoms with van der Waals surface area (Å²) in [4.78, 5) is 11.3. The number of carbonyl (C=O) groups excluding carboxylic acids is 1. The monoisotopic (exact) mass is 219 g/mol. The molecule has 0 N–H and O–H groups in total. The molecule has 0 bridgehead atoms. The van der Waals surface area contributed by atoms with Crippen LogP contribution in [0.15, 0.2) is 18.2 Å². The molecule has 0 spiro atoms. The number of benzene rings is 1. The van der Waals surface area contributed by atoms with Gasteiger partial charge in [-0.15, -0.1) is 0 Å². The lowest BCUT2D eigenvalue weighted by Gasteiger charge is -2.07. The number of hydrogen-bond donors (Lipinski definition) is 0. The molecule has 0 amide bonds. The van der Waals surface area contributed by atoms with Gasteiger partial charge in [-0.2, -0.15) is 5.26 Å².